The Balaban J connectivity index is 1.96. The first-order chi connectivity index (χ1) is 9.82. The van der Waals surface area contributed by atoms with Gasteiger partial charge in [-0.3, -0.25) is 0 Å². The Morgan fingerprint density at radius 1 is 1.24 bits per heavy atom. The van der Waals surface area contributed by atoms with Gasteiger partial charge in [0.05, 0.1) is 5.60 Å². The molecule has 0 spiro atoms. The summed E-state index contributed by atoms with van der Waals surface area (Å²) in [4.78, 5) is 8.86. The van der Waals surface area contributed by atoms with Gasteiger partial charge in [-0.2, -0.15) is 0 Å². The first-order valence-electron chi connectivity index (χ1n) is 7.82. The lowest BCUT2D eigenvalue weighted by Crippen LogP contribution is -2.42. The SMILES string of the molecule is CCCc1nc(Br)cc(NCC2(O)CCC(C)(C)CC2)n1. The highest BCUT2D eigenvalue weighted by Crippen LogP contribution is 2.40. The number of rotatable bonds is 5. The van der Waals surface area contributed by atoms with Crippen LogP contribution in [-0.2, 0) is 6.42 Å². The molecule has 1 heterocycles. The van der Waals surface area contributed by atoms with E-state index in [-0.39, 0.29) is 0 Å². The van der Waals surface area contributed by atoms with Crippen molar-refractivity contribution in [3.8, 4) is 0 Å². The molecule has 2 N–H and O–H groups in total. The average Bonchev–Trinajstić information content (AvgIpc) is 2.41. The molecule has 0 saturated heterocycles. The van der Waals surface area contributed by atoms with E-state index in [1.165, 1.54) is 0 Å². The van der Waals surface area contributed by atoms with Crippen LogP contribution in [0.3, 0.4) is 0 Å². The van der Waals surface area contributed by atoms with Crippen LogP contribution in [0.25, 0.3) is 0 Å². The zero-order valence-electron chi connectivity index (χ0n) is 13.2. The molecule has 1 fully saturated rings. The summed E-state index contributed by atoms with van der Waals surface area (Å²) in [6.07, 6.45) is 5.73. The number of aryl methyl sites for hydroxylation is 1. The molecule has 21 heavy (non-hydrogen) atoms. The van der Waals surface area contributed by atoms with E-state index in [9.17, 15) is 5.11 Å². The molecular formula is C16H26BrN3O. The van der Waals surface area contributed by atoms with Gasteiger partial charge in [-0.25, -0.2) is 9.97 Å². The Bertz CT molecular complexity index is 480. The van der Waals surface area contributed by atoms with E-state index in [0.29, 0.717) is 12.0 Å². The number of anilines is 1. The van der Waals surface area contributed by atoms with Crippen LogP contribution in [0.1, 0.15) is 58.7 Å². The predicted molar refractivity (Wildman–Crippen MR) is 89.4 cm³/mol. The second kappa shape index (κ2) is 6.61. The van der Waals surface area contributed by atoms with Crippen LogP contribution in [0.4, 0.5) is 5.82 Å². The van der Waals surface area contributed by atoms with Crippen molar-refractivity contribution in [3.63, 3.8) is 0 Å². The van der Waals surface area contributed by atoms with Gasteiger partial charge in [0, 0.05) is 19.0 Å². The Hall–Kier alpha value is -0.680. The standard InChI is InChI=1S/C16H26BrN3O/c1-4-5-13-19-12(17)10-14(20-13)18-11-16(21)8-6-15(2,3)7-9-16/h10,21H,4-9,11H2,1-3H3,(H,18,19,20). The molecule has 2 rings (SSSR count). The summed E-state index contributed by atoms with van der Waals surface area (Å²) in [5, 5.41) is 14.0. The van der Waals surface area contributed by atoms with Crippen LogP contribution in [-0.4, -0.2) is 27.2 Å². The number of hydrogen-bond acceptors (Lipinski definition) is 4. The summed E-state index contributed by atoms with van der Waals surface area (Å²) in [6.45, 7) is 7.22. The van der Waals surface area contributed by atoms with Crippen LogP contribution in [0.5, 0.6) is 0 Å². The zero-order chi connectivity index (χ0) is 15.5. The van der Waals surface area contributed by atoms with Gasteiger partial charge in [0.1, 0.15) is 16.2 Å². The maximum Gasteiger partial charge on any atom is 0.132 e. The molecule has 0 aromatic carbocycles. The molecule has 118 valence electrons. The van der Waals surface area contributed by atoms with E-state index < -0.39 is 5.60 Å². The minimum atomic E-state index is -0.613. The summed E-state index contributed by atoms with van der Waals surface area (Å²) in [5.74, 6) is 1.63. The summed E-state index contributed by atoms with van der Waals surface area (Å²) < 4.78 is 0.792. The summed E-state index contributed by atoms with van der Waals surface area (Å²) in [5.41, 5.74) is -0.254. The largest absolute Gasteiger partial charge is 0.388 e. The summed E-state index contributed by atoms with van der Waals surface area (Å²) in [7, 11) is 0. The van der Waals surface area contributed by atoms with Gasteiger partial charge in [0.25, 0.3) is 0 Å². The fourth-order valence-corrected chi connectivity index (χ4v) is 3.14. The van der Waals surface area contributed by atoms with E-state index >= 15 is 0 Å². The molecule has 0 radical (unpaired) electrons. The molecule has 0 unspecified atom stereocenters. The highest BCUT2D eigenvalue weighted by molar-refractivity contribution is 9.10. The highest BCUT2D eigenvalue weighted by atomic mass is 79.9. The first-order valence-corrected chi connectivity index (χ1v) is 8.61. The maximum absolute atomic E-state index is 10.7. The van der Waals surface area contributed by atoms with Gasteiger partial charge < -0.3 is 10.4 Å². The molecule has 1 aromatic heterocycles. The topological polar surface area (TPSA) is 58.0 Å². The average molecular weight is 356 g/mol. The van der Waals surface area contributed by atoms with Crippen molar-refractivity contribution in [2.24, 2.45) is 5.41 Å². The molecular weight excluding hydrogens is 330 g/mol. The van der Waals surface area contributed by atoms with E-state index in [2.05, 4.69) is 52.0 Å². The fraction of sp³-hybridized carbons (Fsp3) is 0.750. The third kappa shape index (κ3) is 4.92. The Morgan fingerprint density at radius 3 is 2.52 bits per heavy atom. The Morgan fingerprint density at radius 2 is 1.90 bits per heavy atom. The normalized spacial score (nSPS) is 20.2. The monoisotopic (exact) mass is 355 g/mol. The van der Waals surface area contributed by atoms with Crippen molar-refractivity contribution in [3.05, 3.63) is 16.5 Å². The molecule has 1 aromatic rings. The van der Waals surface area contributed by atoms with Crippen LogP contribution in [0, 0.1) is 5.41 Å². The smallest absolute Gasteiger partial charge is 0.132 e. The lowest BCUT2D eigenvalue weighted by molar-refractivity contribution is -0.0145. The third-order valence-corrected chi connectivity index (χ3v) is 4.75. The van der Waals surface area contributed by atoms with Crippen molar-refractivity contribution in [1.82, 2.24) is 9.97 Å². The summed E-state index contributed by atoms with van der Waals surface area (Å²) in [6, 6.07) is 1.87. The molecule has 1 aliphatic carbocycles. The maximum atomic E-state index is 10.7. The molecule has 0 atom stereocenters. The van der Waals surface area contributed by atoms with E-state index in [1.54, 1.807) is 0 Å². The van der Waals surface area contributed by atoms with E-state index in [4.69, 9.17) is 0 Å². The van der Waals surface area contributed by atoms with Crippen LogP contribution in [0.2, 0.25) is 0 Å². The highest BCUT2D eigenvalue weighted by Gasteiger charge is 2.36. The second-order valence-corrected chi connectivity index (χ2v) is 7.80. The molecule has 4 nitrogen and oxygen atoms in total. The van der Waals surface area contributed by atoms with Gasteiger partial charge in [0.2, 0.25) is 0 Å². The lowest BCUT2D eigenvalue weighted by Gasteiger charge is -2.40. The number of aliphatic hydroxyl groups is 1. The van der Waals surface area contributed by atoms with Crippen molar-refractivity contribution in [1.29, 1.82) is 0 Å². The van der Waals surface area contributed by atoms with Crippen LogP contribution < -0.4 is 5.32 Å². The van der Waals surface area contributed by atoms with Crippen molar-refractivity contribution in [2.45, 2.75) is 64.9 Å². The van der Waals surface area contributed by atoms with Gasteiger partial charge in [-0.1, -0.05) is 20.8 Å². The van der Waals surface area contributed by atoms with Crippen molar-refractivity contribution < 1.29 is 5.11 Å². The number of halogens is 1. The number of nitrogens with zero attached hydrogens (tertiary/aromatic N) is 2. The molecule has 1 saturated carbocycles. The van der Waals surface area contributed by atoms with Gasteiger partial charge in [-0.05, 0) is 53.4 Å². The minimum Gasteiger partial charge on any atom is -0.388 e. The summed E-state index contributed by atoms with van der Waals surface area (Å²) >= 11 is 3.42. The van der Waals surface area contributed by atoms with Crippen molar-refractivity contribution in [2.75, 3.05) is 11.9 Å². The number of hydrogen-bond donors (Lipinski definition) is 2. The third-order valence-electron chi connectivity index (χ3n) is 4.35. The van der Waals surface area contributed by atoms with Gasteiger partial charge in [0.15, 0.2) is 0 Å². The lowest BCUT2D eigenvalue weighted by atomic mass is 9.71. The second-order valence-electron chi connectivity index (χ2n) is 6.98. The molecule has 5 heteroatoms. The molecule has 0 bridgehead atoms. The van der Waals surface area contributed by atoms with E-state index in [1.807, 2.05) is 6.07 Å². The quantitative estimate of drug-likeness (QED) is 0.785. The Kier molecular flexibility index (Phi) is 5.25. The molecule has 1 aliphatic rings. The number of aromatic nitrogens is 2. The van der Waals surface area contributed by atoms with E-state index in [0.717, 1.165) is 54.8 Å². The van der Waals surface area contributed by atoms with Crippen molar-refractivity contribution >= 4 is 21.7 Å². The van der Waals surface area contributed by atoms with Gasteiger partial charge in [-0.15, -0.1) is 0 Å². The minimum absolute atomic E-state index is 0.360. The Labute approximate surface area is 135 Å². The van der Waals surface area contributed by atoms with Crippen LogP contribution >= 0.6 is 15.9 Å². The number of nitrogens with one attached hydrogen (secondary N) is 1. The van der Waals surface area contributed by atoms with Gasteiger partial charge >= 0.3 is 0 Å². The molecule has 0 amide bonds. The van der Waals surface area contributed by atoms with Crippen LogP contribution in [0.15, 0.2) is 10.7 Å². The zero-order valence-corrected chi connectivity index (χ0v) is 14.8. The fourth-order valence-electron chi connectivity index (χ4n) is 2.71. The molecule has 0 aliphatic heterocycles. The predicted octanol–water partition coefficient (Wildman–Crippen LogP) is 3.93. The first kappa shape index (κ1) is 16.7.